The highest BCUT2D eigenvalue weighted by atomic mass is 32.2. The van der Waals surface area contributed by atoms with Crippen molar-refractivity contribution in [3.8, 4) is 33.7 Å². The molecular formula is C29H24F6N4O4S. The van der Waals surface area contributed by atoms with E-state index in [0.717, 1.165) is 16.8 Å². The van der Waals surface area contributed by atoms with Crippen molar-refractivity contribution in [3.05, 3.63) is 89.8 Å². The number of allylic oxidation sites excluding steroid dienone is 3. The lowest BCUT2D eigenvalue weighted by molar-refractivity contribution is -0.303. The molecule has 2 aromatic heterocycles. The minimum absolute atomic E-state index is 0.0310. The number of nitrogens with zero attached hydrogens (tertiary/aromatic N) is 3. The van der Waals surface area contributed by atoms with Gasteiger partial charge in [0.15, 0.2) is 17.3 Å². The van der Waals surface area contributed by atoms with Crippen LogP contribution in [0.3, 0.4) is 0 Å². The van der Waals surface area contributed by atoms with Crippen LogP contribution in [0.15, 0.2) is 81.8 Å². The van der Waals surface area contributed by atoms with Gasteiger partial charge in [-0.25, -0.2) is 18.5 Å². The van der Waals surface area contributed by atoms with E-state index in [1.807, 2.05) is 0 Å². The fourth-order valence-corrected chi connectivity index (χ4v) is 5.50. The lowest BCUT2D eigenvalue weighted by Gasteiger charge is -2.27. The standard InChI is InChI=1S/C29H24F6N4O4S/c1-16-37-26(27(2)11-9-19(10-12-27)43-29(33,34)35)25(42-16)22-14-18(17-5-4-6-20(13-17)44(36,40)41)7-8-21(22)23-15-24(28(30,31)32)38-39(23)3/h4-11,13-15H,12H2,1-3H3,(H2,36,40,41). The first kappa shape index (κ1) is 31.1. The van der Waals surface area contributed by atoms with E-state index < -0.39 is 39.4 Å². The van der Waals surface area contributed by atoms with Gasteiger partial charge < -0.3 is 9.15 Å². The molecule has 1 unspecified atom stereocenters. The quantitative estimate of drug-likeness (QED) is 0.227. The van der Waals surface area contributed by atoms with Gasteiger partial charge in [-0.05, 0) is 54.0 Å². The first-order valence-corrected chi connectivity index (χ1v) is 14.4. The molecule has 232 valence electrons. The smallest absolute Gasteiger partial charge is 0.441 e. The summed E-state index contributed by atoms with van der Waals surface area (Å²) in [6, 6.07) is 11.4. The zero-order chi connectivity index (χ0) is 32.2. The van der Waals surface area contributed by atoms with E-state index in [4.69, 9.17) is 9.56 Å². The van der Waals surface area contributed by atoms with Crippen LogP contribution in [0, 0.1) is 6.92 Å². The molecular weight excluding hydrogens is 614 g/mol. The van der Waals surface area contributed by atoms with Crippen molar-refractivity contribution in [1.82, 2.24) is 14.8 Å². The van der Waals surface area contributed by atoms with Crippen LogP contribution in [0.2, 0.25) is 0 Å². The zero-order valence-corrected chi connectivity index (χ0v) is 24.1. The second-order valence-electron chi connectivity index (χ2n) is 10.4. The molecule has 0 bridgehead atoms. The topological polar surface area (TPSA) is 113 Å². The average Bonchev–Trinajstić information content (AvgIpc) is 3.52. The minimum atomic E-state index is -4.88. The number of halogens is 6. The molecule has 1 aliphatic rings. The van der Waals surface area contributed by atoms with Crippen molar-refractivity contribution in [2.45, 2.75) is 43.1 Å². The molecule has 5 rings (SSSR count). The van der Waals surface area contributed by atoms with E-state index in [-0.39, 0.29) is 39.8 Å². The molecule has 2 N–H and O–H groups in total. The van der Waals surface area contributed by atoms with E-state index in [9.17, 15) is 34.8 Å². The van der Waals surface area contributed by atoms with Crippen molar-refractivity contribution >= 4 is 10.0 Å². The summed E-state index contributed by atoms with van der Waals surface area (Å²) in [6.45, 7) is 3.28. The number of primary sulfonamides is 1. The number of nitrogens with two attached hydrogens (primary N) is 1. The first-order chi connectivity index (χ1) is 20.3. The molecule has 0 saturated carbocycles. The maximum Gasteiger partial charge on any atom is 0.573 e. The number of hydrogen-bond acceptors (Lipinski definition) is 6. The second kappa shape index (κ2) is 10.7. The van der Waals surface area contributed by atoms with Gasteiger partial charge in [-0.15, -0.1) is 13.2 Å². The van der Waals surface area contributed by atoms with Crippen LogP contribution in [0.5, 0.6) is 0 Å². The molecule has 1 aliphatic carbocycles. The van der Waals surface area contributed by atoms with Crippen LogP contribution in [0.1, 0.15) is 30.6 Å². The molecule has 0 radical (unpaired) electrons. The zero-order valence-electron chi connectivity index (χ0n) is 23.3. The number of rotatable bonds is 6. The predicted octanol–water partition coefficient (Wildman–Crippen LogP) is 7.02. The highest BCUT2D eigenvalue weighted by Crippen LogP contribution is 2.45. The van der Waals surface area contributed by atoms with Gasteiger partial charge in [0, 0.05) is 30.5 Å². The summed E-state index contributed by atoms with van der Waals surface area (Å²) < 4.78 is 114. The second-order valence-corrected chi connectivity index (χ2v) is 12.0. The molecule has 0 fully saturated rings. The van der Waals surface area contributed by atoms with Gasteiger partial charge in [0.1, 0.15) is 5.76 Å². The Hall–Kier alpha value is -4.37. The molecule has 0 aliphatic heterocycles. The Bertz CT molecular complexity index is 1920. The molecule has 44 heavy (non-hydrogen) atoms. The maximum absolute atomic E-state index is 13.6. The number of hydrogen-bond donors (Lipinski definition) is 1. The summed E-state index contributed by atoms with van der Waals surface area (Å²) in [5, 5.41) is 8.93. The van der Waals surface area contributed by atoms with Gasteiger partial charge in [-0.1, -0.05) is 37.3 Å². The van der Waals surface area contributed by atoms with E-state index in [2.05, 4.69) is 14.8 Å². The van der Waals surface area contributed by atoms with Crippen molar-refractivity contribution in [1.29, 1.82) is 0 Å². The molecule has 15 heteroatoms. The number of alkyl halides is 6. The van der Waals surface area contributed by atoms with E-state index >= 15 is 0 Å². The van der Waals surface area contributed by atoms with Crippen LogP contribution < -0.4 is 5.14 Å². The fraction of sp³-hybridized carbons (Fsp3) is 0.241. The molecule has 8 nitrogen and oxygen atoms in total. The molecule has 2 aromatic carbocycles. The van der Waals surface area contributed by atoms with Crippen molar-refractivity contribution in [2.75, 3.05) is 0 Å². The van der Waals surface area contributed by atoms with Gasteiger partial charge in [-0.3, -0.25) is 4.68 Å². The van der Waals surface area contributed by atoms with E-state index in [0.29, 0.717) is 16.8 Å². The molecule has 1 atom stereocenters. The number of ether oxygens (including phenoxy) is 1. The van der Waals surface area contributed by atoms with Crippen LogP contribution in [-0.4, -0.2) is 29.5 Å². The Balaban J connectivity index is 1.70. The third-order valence-electron chi connectivity index (χ3n) is 7.06. The van der Waals surface area contributed by atoms with Crippen LogP contribution in [0.4, 0.5) is 26.3 Å². The Kier molecular flexibility index (Phi) is 7.53. The van der Waals surface area contributed by atoms with Crippen LogP contribution >= 0.6 is 0 Å². The van der Waals surface area contributed by atoms with E-state index in [1.165, 1.54) is 37.4 Å². The summed E-state index contributed by atoms with van der Waals surface area (Å²) >= 11 is 0. The van der Waals surface area contributed by atoms with E-state index in [1.54, 1.807) is 38.1 Å². The number of aromatic nitrogens is 3. The molecule has 0 amide bonds. The monoisotopic (exact) mass is 638 g/mol. The molecule has 0 spiro atoms. The SMILES string of the molecule is Cc1nc(C2(C)C=CC(OC(F)(F)F)=CC2)c(-c2cc(-c3cccc(S(N)(=O)=O)c3)ccc2-c2cc(C(F)(F)F)nn2C)o1. The summed E-state index contributed by atoms with van der Waals surface area (Å²) in [5.74, 6) is -0.0549. The van der Waals surface area contributed by atoms with Gasteiger partial charge in [0.25, 0.3) is 0 Å². The highest BCUT2D eigenvalue weighted by Gasteiger charge is 2.38. The predicted molar refractivity (Wildman–Crippen MR) is 147 cm³/mol. The Morgan fingerprint density at radius 1 is 1.02 bits per heavy atom. The minimum Gasteiger partial charge on any atom is -0.441 e. The van der Waals surface area contributed by atoms with Crippen LogP contribution in [-0.2, 0) is 33.4 Å². The first-order valence-electron chi connectivity index (χ1n) is 12.9. The normalized spacial score (nSPS) is 17.5. The van der Waals surface area contributed by atoms with Crippen molar-refractivity contribution in [2.24, 2.45) is 12.2 Å². The average molecular weight is 639 g/mol. The summed E-state index contributed by atoms with van der Waals surface area (Å²) in [5.41, 5.74) is -0.266. The summed E-state index contributed by atoms with van der Waals surface area (Å²) in [4.78, 5) is 4.37. The van der Waals surface area contributed by atoms with Gasteiger partial charge in [-0.2, -0.15) is 18.3 Å². The van der Waals surface area contributed by atoms with Crippen molar-refractivity contribution < 1.29 is 43.9 Å². The maximum atomic E-state index is 13.6. The van der Waals surface area contributed by atoms with Gasteiger partial charge >= 0.3 is 12.5 Å². The van der Waals surface area contributed by atoms with Crippen molar-refractivity contribution in [3.63, 3.8) is 0 Å². The largest absolute Gasteiger partial charge is 0.573 e. The number of sulfonamides is 1. The third kappa shape index (κ3) is 6.28. The summed E-state index contributed by atoms with van der Waals surface area (Å²) in [7, 11) is -2.70. The Morgan fingerprint density at radius 3 is 2.32 bits per heavy atom. The van der Waals surface area contributed by atoms with Gasteiger partial charge in [0.05, 0.1) is 16.3 Å². The summed E-state index contributed by atoms with van der Waals surface area (Å²) in [6.07, 6.45) is -5.66. The number of oxazole rings is 1. The fourth-order valence-electron chi connectivity index (χ4n) is 4.94. The number of aryl methyl sites for hydroxylation is 2. The Labute approximate surface area is 247 Å². The third-order valence-corrected chi connectivity index (χ3v) is 7.97. The molecule has 2 heterocycles. The molecule has 4 aromatic rings. The van der Waals surface area contributed by atoms with Crippen LogP contribution in [0.25, 0.3) is 33.7 Å². The lowest BCUT2D eigenvalue weighted by Crippen LogP contribution is -2.23. The number of benzene rings is 2. The highest BCUT2D eigenvalue weighted by molar-refractivity contribution is 7.89. The Morgan fingerprint density at radius 2 is 1.73 bits per heavy atom. The van der Waals surface area contributed by atoms with Gasteiger partial charge in [0.2, 0.25) is 10.0 Å². The lowest BCUT2D eigenvalue weighted by atomic mass is 9.78. The molecule has 0 saturated heterocycles.